The summed E-state index contributed by atoms with van der Waals surface area (Å²) >= 11 is 0. The molecule has 0 N–H and O–H groups in total. The van der Waals surface area contributed by atoms with Crippen molar-refractivity contribution in [3.05, 3.63) is 58.9 Å². The van der Waals surface area contributed by atoms with Crippen molar-refractivity contribution in [3.8, 4) is 11.5 Å². The highest BCUT2D eigenvalue weighted by Gasteiger charge is 2.26. The average Bonchev–Trinajstić information content (AvgIpc) is 2.94. The van der Waals surface area contributed by atoms with E-state index in [4.69, 9.17) is 19.2 Å². The van der Waals surface area contributed by atoms with E-state index in [1.165, 1.54) is 11.1 Å². The van der Waals surface area contributed by atoms with E-state index in [0.717, 1.165) is 60.8 Å². The van der Waals surface area contributed by atoms with Crippen molar-refractivity contribution in [2.75, 3.05) is 33.4 Å². The number of fused-ring (bicyclic) bond motifs is 2. The summed E-state index contributed by atoms with van der Waals surface area (Å²) in [4.78, 5) is 18.7. The number of methoxy groups -OCH3 is 1. The highest BCUT2D eigenvalue weighted by molar-refractivity contribution is 5.85. The van der Waals surface area contributed by atoms with Crippen LogP contribution in [0, 0.1) is 0 Å². The first-order valence-corrected chi connectivity index (χ1v) is 10.5. The second-order valence-corrected chi connectivity index (χ2v) is 7.54. The molecule has 0 radical (unpaired) electrons. The third kappa shape index (κ3) is 4.33. The number of piperidine rings is 1. The predicted octanol–water partition coefficient (Wildman–Crippen LogP) is 3.83. The summed E-state index contributed by atoms with van der Waals surface area (Å²) in [6.45, 7) is 5.36. The molecule has 0 unspecified atom stereocenters. The van der Waals surface area contributed by atoms with Crippen LogP contribution >= 0.6 is 0 Å². The van der Waals surface area contributed by atoms with Gasteiger partial charge in [-0.05, 0) is 38.0 Å². The quantitative estimate of drug-likeness (QED) is 0.701. The second-order valence-electron chi connectivity index (χ2n) is 7.54. The molecule has 3 heterocycles. The predicted molar refractivity (Wildman–Crippen MR) is 115 cm³/mol. The lowest BCUT2D eigenvalue weighted by Gasteiger charge is -2.29. The molecule has 0 spiro atoms. The monoisotopic (exact) mass is 408 g/mol. The number of likely N-dealkylation sites (tertiary alicyclic amines) is 1. The zero-order chi connectivity index (χ0) is 20.9. The van der Waals surface area contributed by atoms with Gasteiger partial charge in [0.1, 0.15) is 18.1 Å². The number of pyridine rings is 1. The number of hydrogen-bond donors (Lipinski definition) is 0. The lowest BCUT2D eigenvalue weighted by Crippen LogP contribution is -2.33. The summed E-state index contributed by atoms with van der Waals surface area (Å²) in [5, 5.41) is 0. The number of aromatic nitrogens is 1. The zero-order valence-corrected chi connectivity index (χ0v) is 17.6. The van der Waals surface area contributed by atoms with Crippen molar-refractivity contribution in [1.82, 2.24) is 9.88 Å². The Morgan fingerprint density at radius 3 is 2.83 bits per heavy atom. The SMILES string of the molecule is CCOC(=O)CCN1CCC(=C2c3ccc(OC)cc3OCc3cccnc32)CC1. The van der Waals surface area contributed by atoms with E-state index in [1.807, 2.05) is 31.3 Å². The Hall–Kier alpha value is -2.86. The van der Waals surface area contributed by atoms with Crippen molar-refractivity contribution in [2.45, 2.75) is 32.8 Å². The van der Waals surface area contributed by atoms with E-state index in [2.05, 4.69) is 17.0 Å². The van der Waals surface area contributed by atoms with Crippen LogP contribution in [0.1, 0.15) is 43.0 Å². The minimum atomic E-state index is -0.122. The highest BCUT2D eigenvalue weighted by atomic mass is 16.5. The van der Waals surface area contributed by atoms with Crippen LogP contribution in [0.3, 0.4) is 0 Å². The van der Waals surface area contributed by atoms with Crippen molar-refractivity contribution >= 4 is 11.5 Å². The Kier molecular flexibility index (Phi) is 6.33. The number of benzene rings is 1. The van der Waals surface area contributed by atoms with E-state index >= 15 is 0 Å². The molecule has 6 nitrogen and oxygen atoms in total. The van der Waals surface area contributed by atoms with Gasteiger partial charge in [0.15, 0.2) is 0 Å². The maximum atomic E-state index is 11.7. The summed E-state index contributed by atoms with van der Waals surface area (Å²) in [5.41, 5.74) is 5.75. The first kappa shape index (κ1) is 20.4. The van der Waals surface area contributed by atoms with Gasteiger partial charge in [0.05, 0.1) is 25.8 Å². The van der Waals surface area contributed by atoms with Crippen LogP contribution in [0.5, 0.6) is 11.5 Å². The van der Waals surface area contributed by atoms with E-state index in [-0.39, 0.29) is 5.97 Å². The summed E-state index contributed by atoms with van der Waals surface area (Å²) in [5.74, 6) is 1.49. The van der Waals surface area contributed by atoms with Crippen LogP contribution in [-0.2, 0) is 16.1 Å². The Bertz CT molecular complexity index is 944. The molecular weight excluding hydrogens is 380 g/mol. The van der Waals surface area contributed by atoms with Gasteiger partial charge in [-0.1, -0.05) is 11.6 Å². The summed E-state index contributed by atoms with van der Waals surface area (Å²) in [6.07, 6.45) is 4.18. The molecule has 2 aromatic rings. The van der Waals surface area contributed by atoms with Crippen molar-refractivity contribution in [2.24, 2.45) is 0 Å². The minimum Gasteiger partial charge on any atom is -0.497 e. The summed E-state index contributed by atoms with van der Waals surface area (Å²) in [7, 11) is 1.67. The van der Waals surface area contributed by atoms with Crippen LogP contribution in [0.2, 0.25) is 0 Å². The van der Waals surface area contributed by atoms with Gasteiger partial charge in [0.2, 0.25) is 0 Å². The Labute approximate surface area is 177 Å². The molecule has 2 aliphatic heterocycles. The standard InChI is InChI=1S/C24H28N2O4/c1-3-29-22(27)10-14-26-12-8-17(9-13-26)23-20-7-6-19(28-2)15-21(20)30-16-18-5-4-11-25-24(18)23/h4-7,11,15H,3,8-10,12-14,16H2,1-2H3. The van der Waals surface area contributed by atoms with Crippen LogP contribution in [0.25, 0.3) is 5.57 Å². The Balaban J connectivity index is 1.61. The zero-order valence-electron chi connectivity index (χ0n) is 17.6. The molecule has 0 aliphatic carbocycles. The Morgan fingerprint density at radius 1 is 1.23 bits per heavy atom. The normalized spacial score (nSPS) is 16.2. The topological polar surface area (TPSA) is 60.9 Å². The molecule has 1 saturated heterocycles. The Morgan fingerprint density at radius 2 is 2.07 bits per heavy atom. The first-order valence-electron chi connectivity index (χ1n) is 10.5. The van der Waals surface area contributed by atoms with Gasteiger partial charge >= 0.3 is 5.97 Å². The average molecular weight is 408 g/mol. The molecule has 30 heavy (non-hydrogen) atoms. The number of carbonyl (C=O) groups excluding carboxylic acids is 1. The van der Waals surface area contributed by atoms with Crippen LogP contribution in [0.4, 0.5) is 0 Å². The summed E-state index contributed by atoms with van der Waals surface area (Å²) < 4.78 is 16.6. The van der Waals surface area contributed by atoms with E-state index in [0.29, 0.717) is 19.6 Å². The van der Waals surface area contributed by atoms with E-state index < -0.39 is 0 Å². The van der Waals surface area contributed by atoms with Gasteiger partial charge in [-0.3, -0.25) is 9.78 Å². The van der Waals surface area contributed by atoms with Gasteiger partial charge in [-0.25, -0.2) is 0 Å². The molecule has 1 aromatic carbocycles. The number of carbonyl (C=O) groups is 1. The molecular formula is C24H28N2O4. The fourth-order valence-corrected chi connectivity index (χ4v) is 4.16. The second kappa shape index (κ2) is 9.30. The third-order valence-electron chi connectivity index (χ3n) is 5.72. The number of esters is 1. The maximum Gasteiger partial charge on any atom is 0.307 e. The van der Waals surface area contributed by atoms with Crippen molar-refractivity contribution in [3.63, 3.8) is 0 Å². The number of rotatable bonds is 5. The van der Waals surface area contributed by atoms with Crippen LogP contribution in [0.15, 0.2) is 42.1 Å². The van der Waals surface area contributed by atoms with E-state index in [9.17, 15) is 4.79 Å². The lowest BCUT2D eigenvalue weighted by atomic mass is 9.89. The van der Waals surface area contributed by atoms with Gasteiger partial charge in [0, 0.05) is 48.6 Å². The first-order chi connectivity index (χ1) is 14.7. The van der Waals surface area contributed by atoms with Crippen LogP contribution in [-0.4, -0.2) is 49.2 Å². The fraction of sp³-hybridized carbons (Fsp3) is 0.417. The fourth-order valence-electron chi connectivity index (χ4n) is 4.16. The smallest absolute Gasteiger partial charge is 0.307 e. The van der Waals surface area contributed by atoms with Gasteiger partial charge in [-0.15, -0.1) is 0 Å². The number of hydrogen-bond acceptors (Lipinski definition) is 6. The molecule has 0 saturated carbocycles. The van der Waals surface area contributed by atoms with Gasteiger partial charge in [0.25, 0.3) is 0 Å². The van der Waals surface area contributed by atoms with E-state index in [1.54, 1.807) is 7.11 Å². The number of nitrogens with zero attached hydrogens (tertiary/aromatic N) is 2. The molecule has 0 bridgehead atoms. The van der Waals surface area contributed by atoms with Gasteiger partial charge < -0.3 is 19.1 Å². The summed E-state index contributed by atoms with van der Waals surface area (Å²) in [6, 6.07) is 10.0. The minimum absolute atomic E-state index is 0.122. The molecule has 158 valence electrons. The maximum absolute atomic E-state index is 11.7. The molecule has 2 aliphatic rings. The van der Waals surface area contributed by atoms with Gasteiger partial charge in [-0.2, -0.15) is 0 Å². The largest absolute Gasteiger partial charge is 0.497 e. The van der Waals surface area contributed by atoms with Crippen molar-refractivity contribution < 1.29 is 19.0 Å². The molecule has 6 heteroatoms. The molecule has 0 atom stereocenters. The highest BCUT2D eigenvalue weighted by Crippen LogP contribution is 2.41. The molecule has 1 fully saturated rings. The number of ether oxygens (including phenoxy) is 3. The lowest BCUT2D eigenvalue weighted by molar-refractivity contribution is -0.143. The third-order valence-corrected chi connectivity index (χ3v) is 5.72. The molecule has 4 rings (SSSR count). The molecule has 1 aromatic heterocycles. The van der Waals surface area contributed by atoms with Crippen molar-refractivity contribution in [1.29, 1.82) is 0 Å². The van der Waals surface area contributed by atoms with Crippen LogP contribution < -0.4 is 9.47 Å². The molecule has 0 amide bonds.